The first-order valence-electron chi connectivity index (χ1n) is 6.02. The van der Waals surface area contributed by atoms with Crippen LogP contribution in [0.1, 0.15) is 24.4 Å². The third kappa shape index (κ3) is 3.21. The number of aliphatic hydroxyl groups is 1. The number of aliphatic carboxylic acids is 1. The summed E-state index contributed by atoms with van der Waals surface area (Å²) >= 11 is 0. The highest BCUT2D eigenvalue weighted by atomic mass is 16.5. The predicted molar refractivity (Wildman–Crippen MR) is 65.6 cm³/mol. The molecule has 0 amide bonds. The van der Waals surface area contributed by atoms with Gasteiger partial charge in [-0.2, -0.15) is 0 Å². The van der Waals surface area contributed by atoms with E-state index in [0.717, 1.165) is 17.7 Å². The minimum Gasteiger partial charge on any atom is -0.493 e. The highest BCUT2D eigenvalue weighted by Gasteiger charge is 2.21. The first kappa shape index (κ1) is 12.9. The number of fused-ring (bicyclic) bond motifs is 1. The summed E-state index contributed by atoms with van der Waals surface area (Å²) in [7, 11) is 0. The van der Waals surface area contributed by atoms with Crippen LogP contribution in [-0.4, -0.2) is 35.4 Å². The van der Waals surface area contributed by atoms with Gasteiger partial charge in [0.2, 0.25) is 0 Å². The summed E-state index contributed by atoms with van der Waals surface area (Å²) in [6, 6.07) is 7.86. The average molecular weight is 251 g/mol. The zero-order chi connectivity index (χ0) is 13.0. The first-order chi connectivity index (χ1) is 8.66. The van der Waals surface area contributed by atoms with Crippen molar-refractivity contribution in [3.63, 3.8) is 0 Å². The maximum atomic E-state index is 10.5. The zero-order valence-electron chi connectivity index (χ0n) is 10.0. The molecule has 98 valence electrons. The summed E-state index contributed by atoms with van der Waals surface area (Å²) in [4.78, 5) is 10.5. The van der Waals surface area contributed by atoms with E-state index in [1.165, 1.54) is 0 Å². The Kier molecular flexibility index (Phi) is 4.17. The molecule has 1 aromatic rings. The van der Waals surface area contributed by atoms with Gasteiger partial charge in [0, 0.05) is 24.6 Å². The second-order valence-corrected chi connectivity index (χ2v) is 4.39. The van der Waals surface area contributed by atoms with E-state index in [1.807, 2.05) is 24.3 Å². The van der Waals surface area contributed by atoms with Crippen molar-refractivity contribution in [1.82, 2.24) is 5.32 Å². The number of hydrogen-bond acceptors (Lipinski definition) is 4. The van der Waals surface area contributed by atoms with Gasteiger partial charge in [-0.05, 0) is 6.07 Å². The van der Waals surface area contributed by atoms with Crippen LogP contribution in [0.5, 0.6) is 5.75 Å². The van der Waals surface area contributed by atoms with E-state index in [4.69, 9.17) is 9.84 Å². The van der Waals surface area contributed by atoms with Crippen molar-refractivity contribution in [3.8, 4) is 5.75 Å². The molecule has 0 aliphatic carbocycles. The topological polar surface area (TPSA) is 78.8 Å². The van der Waals surface area contributed by atoms with Gasteiger partial charge >= 0.3 is 5.97 Å². The van der Waals surface area contributed by atoms with Crippen molar-refractivity contribution in [1.29, 1.82) is 0 Å². The number of para-hydroxylation sites is 1. The number of carbonyl (C=O) groups is 1. The van der Waals surface area contributed by atoms with E-state index in [-0.39, 0.29) is 19.0 Å². The Morgan fingerprint density at radius 1 is 1.50 bits per heavy atom. The smallest absolute Gasteiger partial charge is 0.306 e. The summed E-state index contributed by atoms with van der Waals surface area (Å²) < 4.78 is 5.53. The molecule has 1 aliphatic heterocycles. The number of ether oxygens (including phenoxy) is 1. The maximum Gasteiger partial charge on any atom is 0.306 e. The van der Waals surface area contributed by atoms with Crippen molar-refractivity contribution in [3.05, 3.63) is 29.8 Å². The summed E-state index contributed by atoms with van der Waals surface area (Å²) in [5.74, 6) is -0.134. The SMILES string of the molecule is O=C(O)CC(O)CNC1CCOc2ccccc21. The molecular weight excluding hydrogens is 234 g/mol. The number of rotatable bonds is 5. The number of carboxylic acid groups (broad SMARTS) is 1. The van der Waals surface area contributed by atoms with Crippen molar-refractivity contribution in [2.24, 2.45) is 0 Å². The molecule has 0 fully saturated rings. The number of carboxylic acids is 1. The van der Waals surface area contributed by atoms with E-state index >= 15 is 0 Å². The molecule has 0 bridgehead atoms. The number of hydrogen-bond donors (Lipinski definition) is 3. The lowest BCUT2D eigenvalue weighted by Crippen LogP contribution is -2.34. The fourth-order valence-corrected chi connectivity index (χ4v) is 2.11. The summed E-state index contributed by atoms with van der Waals surface area (Å²) in [5, 5.41) is 21.3. The van der Waals surface area contributed by atoms with Crippen molar-refractivity contribution >= 4 is 5.97 Å². The number of aliphatic hydroxyl groups excluding tert-OH is 1. The fourth-order valence-electron chi connectivity index (χ4n) is 2.11. The lowest BCUT2D eigenvalue weighted by Gasteiger charge is -2.27. The molecular formula is C13H17NO4. The third-order valence-corrected chi connectivity index (χ3v) is 2.97. The van der Waals surface area contributed by atoms with Crippen LogP contribution in [-0.2, 0) is 4.79 Å². The normalized spacial score (nSPS) is 19.7. The van der Waals surface area contributed by atoms with Gasteiger partial charge in [-0.15, -0.1) is 0 Å². The molecule has 0 spiro atoms. The summed E-state index contributed by atoms with van der Waals surface area (Å²) in [5.41, 5.74) is 1.06. The van der Waals surface area contributed by atoms with Gasteiger partial charge in [0.1, 0.15) is 5.75 Å². The van der Waals surface area contributed by atoms with Crippen LogP contribution in [0.15, 0.2) is 24.3 Å². The molecule has 0 saturated carbocycles. The maximum absolute atomic E-state index is 10.5. The van der Waals surface area contributed by atoms with Gasteiger partial charge in [0.05, 0.1) is 19.1 Å². The standard InChI is InChI=1S/C13H17NO4/c15-9(7-13(16)17)8-14-11-5-6-18-12-4-2-1-3-10(11)12/h1-4,9,11,14-15H,5-8H2,(H,16,17). The highest BCUT2D eigenvalue weighted by Crippen LogP contribution is 2.31. The lowest BCUT2D eigenvalue weighted by molar-refractivity contribution is -0.139. The minimum atomic E-state index is -0.989. The molecule has 1 heterocycles. The van der Waals surface area contributed by atoms with Crippen LogP contribution in [0.2, 0.25) is 0 Å². The van der Waals surface area contributed by atoms with Crippen LogP contribution < -0.4 is 10.1 Å². The Labute approximate surface area is 105 Å². The molecule has 18 heavy (non-hydrogen) atoms. The largest absolute Gasteiger partial charge is 0.493 e. The second-order valence-electron chi connectivity index (χ2n) is 4.39. The van der Waals surface area contributed by atoms with E-state index in [0.29, 0.717) is 6.61 Å². The molecule has 0 aromatic heterocycles. The first-order valence-corrected chi connectivity index (χ1v) is 6.02. The monoisotopic (exact) mass is 251 g/mol. The molecule has 0 radical (unpaired) electrons. The van der Waals surface area contributed by atoms with E-state index in [1.54, 1.807) is 0 Å². The molecule has 0 saturated heterocycles. The van der Waals surface area contributed by atoms with Crippen molar-refractivity contribution in [2.75, 3.05) is 13.2 Å². The molecule has 5 heteroatoms. The zero-order valence-corrected chi connectivity index (χ0v) is 10.0. The predicted octanol–water partition coefficient (Wildman–Crippen LogP) is 0.935. The Morgan fingerprint density at radius 2 is 2.28 bits per heavy atom. The van der Waals surface area contributed by atoms with Gasteiger partial charge in [-0.1, -0.05) is 18.2 Å². The van der Waals surface area contributed by atoms with Gasteiger partial charge in [0.15, 0.2) is 0 Å². The average Bonchev–Trinajstić information content (AvgIpc) is 2.35. The van der Waals surface area contributed by atoms with Gasteiger partial charge in [0.25, 0.3) is 0 Å². The summed E-state index contributed by atoms with van der Waals surface area (Å²) in [6.07, 6.45) is -0.285. The Balaban J connectivity index is 1.93. The molecule has 3 N–H and O–H groups in total. The Hall–Kier alpha value is -1.59. The van der Waals surface area contributed by atoms with Gasteiger partial charge in [-0.3, -0.25) is 4.79 Å². The van der Waals surface area contributed by atoms with E-state index in [9.17, 15) is 9.90 Å². The molecule has 1 aliphatic rings. The van der Waals surface area contributed by atoms with E-state index in [2.05, 4.69) is 5.32 Å². The summed E-state index contributed by atoms with van der Waals surface area (Å²) in [6.45, 7) is 0.898. The van der Waals surface area contributed by atoms with Crippen molar-refractivity contribution < 1.29 is 19.7 Å². The number of nitrogens with one attached hydrogen (secondary N) is 1. The van der Waals surface area contributed by atoms with E-state index < -0.39 is 12.1 Å². The van der Waals surface area contributed by atoms with Crippen LogP contribution >= 0.6 is 0 Å². The molecule has 5 nitrogen and oxygen atoms in total. The molecule has 2 unspecified atom stereocenters. The third-order valence-electron chi connectivity index (χ3n) is 2.97. The van der Waals surface area contributed by atoms with Crippen LogP contribution in [0.25, 0.3) is 0 Å². The molecule has 2 rings (SSSR count). The van der Waals surface area contributed by atoms with Gasteiger partial charge < -0.3 is 20.3 Å². The Morgan fingerprint density at radius 3 is 3.06 bits per heavy atom. The lowest BCUT2D eigenvalue weighted by atomic mass is 10.0. The van der Waals surface area contributed by atoms with Crippen LogP contribution in [0.3, 0.4) is 0 Å². The fraction of sp³-hybridized carbons (Fsp3) is 0.462. The Bertz CT molecular complexity index is 421. The van der Waals surface area contributed by atoms with Gasteiger partial charge in [-0.25, -0.2) is 0 Å². The molecule has 2 atom stereocenters. The number of benzene rings is 1. The second kappa shape index (κ2) is 5.84. The van der Waals surface area contributed by atoms with Crippen molar-refractivity contribution in [2.45, 2.75) is 25.0 Å². The quantitative estimate of drug-likeness (QED) is 0.725. The van der Waals surface area contributed by atoms with Crippen LogP contribution in [0, 0.1) is 0 Å². The highest BCUT2D eigenvalue weighted by molar-refractivity contribution is 5.67. The van der Waals surface area contributed by atoms with Crippen LogP contribution in [0.4, 0.5) is 0 Å². The minimum absolute atomic E-state index is 0.110. The molecule has 1 aromatic carbocycles.